The Kier molecular flexibility index (Phi) is 4.06. The molecule has 4 nitrogen and oxygen atoms in total. The molecule has 1 unspecified atom stereocenters. The Balaban J connectivity index is 1.93. The van der Waals surface area contributed by atoms with Crippen molar-refractivity contribution < 1.29 is 9.53 Å². The number of nitrogens with two attached hydrogens (primary N) is 1. The molecule has 2 N–H and O–H groups in total. The molecule has 0 bridgehead atoms. The number of nitrogen functional groups attached to an aromatic ring is 1. The number of hydrogen-bond donors (Lipinski definition) is 1. The third-order valence-corrected chi connectivity index (χ3v) is 3.90. The van der Waals surface area contributed by atoms with E-state index in [2.05, 4.69) is 12.6 Å². The Morgan fingerprint density at radius 1 is 1.30 bits per heavy atom. The average molecular weight is 308 g/mol. The molecule has 0 aliphatic carbocycles. The van der Waals surface area contributed by atoms with E-state index < -0.39 is 6.10 Å². The Morgan fingerprint density at radius 3 is 2.87 bits per heavy atom. The largest absolute Gasteiger partial charge is 0.478 e. The van der Waals surface area contributed by atoms with Crippen LogP contribution in [0.15, 0.2) is 55.1 Å². The molecule has 0 fully saturated rings. The van der Waals surface area contributed by atoms with E-state index >= 15 is 0 Å². The monoisotopic (exact) mass is 308 g/mol. The number of amides is 1. The lowest BCUT2D eigenvalue weighted by atomic mass is 10.0. The molecule has 0 aromatic heterocycles. The standard InChI is InChI=1S/C19H20N2O2/c1-3-9-21-16-12-15(20)7-8-17(16)23-18(19(21)22)11-14-6-4-5-13(2)10-14/h3-8,10,12,18H,1,9,11,20H2,2H3. The summed E-state index contributed by atoms with van der Waals surface area (Å²) in [5.74, 6) is 0.614. The van der Waals surface area contributed by atoms with Crippen molar-refractivity contribution in [3.8, 4) is 5.75 Å². The van der Waals surface area contributed by atoms with Crippen LogP contribution >= 0.6 is 0 Å². The van der Waals surface area contributed by atoms with Crippen LogP contribution in [0.25, 0.3) is 0 Å². The van der Waals surface area contributed by atoms with E-state index in [0.717, 1.165) is 5.56 Å². The first-order valence-electron chi connectivity index (χ1n) is 7.62. The summed E-state index contributed by atoms with van der Waals surface area (Å²) in [6, 6.07) is 13.5. The van der Waals surface area contributed by atoms with Crippen molar-refractivity contribution in [2.45, 2.75) is 19.4 Å². The van der Waals surface area contributed by atoms with Crippen molar-refractivity contribution in [2.75, 3.05) is 17.2 Å². The number of hydrogen-bond acceptors (Lipinski definition) is 3. The number of benzene rings is 2. The van der Waals surface area contributed by atoms with Crippen LogP contribution in [-0.2, 0) is 11.2 Å². The van der Waals surface area contributed by atoms with Gasteiger partial charge in [0.25, 0.3) is 5.91 Å². The molecule has 1 atom stereocenters. The van der Waals surface area contributed by atoms with Gasteiger partial charge in [-0.2, -0.15) is 0 Å². The Morgan fingerprint density at radius 2 is 2.13 bits per heavy atom. The Bertz CT molecular complexity index is 755. The van der Waals surface area contributed by atoms with Gasteiger partial charge in [-0.25, -0.2) is 0 Å². The molecule has 1 amide bonds. The van der Waals surface area contributed by atoms with Crippen LogP contribution in [0.5, 0.6) is 5.75 Å². The molecule has 1 heterocycles. The van der Waals surface area contributed by atoms with Crippen LogP contribution in [0.2, 0.25) is 0 Å². The van der Waals surface area contributed by atoms with Crippen molar-refractivity contribution in [2.24, 2.45) is 0 Å². The SMILES string of the molecule is C=CCN1C(=O)C(Cc2cccc(C)c2)Oc2ccc(N)cc21. The molecule has 0 spiro atoms. The van der Waals surface area contributed by atoms with Crippen LogP contribution in [0.3, 0.4) is 0 Å². The highest BCUT2D eigenvalue weighted by Gasteiger charge is 2.33. The third-order valence-electron chi connectivity index (χ3n) is 3.90. The Hall–Kier alpha value is -2.75. The van der Waals surface area contributed by atoms with Gasteiger partial charge in [-0.05, 0) is 30.7 Å². The normalized spacial score (nSPS) is 16.7. The van der Waals surface area contributed by atoms with Gasteiger partial charge in [0, 0.05) is 18.7 Å². The number of fused-ring (bicyclic) bond motifs is 1. The summed E-state index contributed by atoms with van der Waals surface area (Å²) < 4.78 is 5.94. The molecule has 1 aliphatic rings. The molecule has 2 aromatic rings. The average Bonchev–Trinajstić information content (AvgIpc) is 2.52. The first-order valence-corrected chi connectivity index (χ1v) is 7.62. The van der Waals surface area contributed by atoms with Crippen LogP contribution in [0, 0.1) is 6.92 Å². The zero-order valence-electron chi connectivity index (χ0n) is 13.2. The second-order valence-corrected chi connectivity index (χ2v) is 5.76. The number of carbonyl (C=O) groups is 1. The summed E-state index contributed by atoms with van der Waals surface area (Å²) in [6.07, 6.45) is 1.71. The van der Waals surface area contributed by atoms with Crippen molar-refractivity contribution in [3.63, 3.8) is 0 Å². The first-order chi connectivity index (χ1) is 11.1. The predicted octanol–water partition coefficient (Wildman–Crippen LogP) is 3.10. The van der Waals surface area contributed by atoms with Gasteiger partial charge in [-0.15, -0.1) is 6.58 Å². The second kappa shape index (κ2) is 6.16. The van der Waals surface area contributed by atoms with E-state index in [4.69, 9.17) is 10.5 Å². The maximum absolute atomic E-state index is 12.8. The lowest BCUT2D eigenvalue weighted by Gasteiger charge is -2.34. The fourth-order valence-corrected chi connectivity index (χ4v) is 2.84. The second-order valence-electron chi connectivity index (χ2n) is 5.76. The minimum atomic E-state index is -0.534. The molecule has 118 valence electrons. The van der Waals surface area contributed by atoms with Crippen LogP contribution in [0.4, 0.5) is 11.4 Å². The van der Waals surface area contributed by atoms with Gasteiger partial charge in [0.1, 0.15) is 5.75 Å². The Labute approximate surface area is 136 Å². The lowest BCUT2D eigenvalue weighted by Crippen LogP contribution is -2.47. The molecule has 1 aliphatic heterocycles. The van der Waals surface area contributed by atoms with E-state index in [9.17, 15) is 4.79 Å². The predicted molar refractivity (Wildman–Crippen MR) is 92.7 cm³/mol. The maximum atomic E-state index is 12.8. The highest BCUT2D eigenvalue weighted by molar-refractivity contribution is 6.00. The summed E-state index contributed by atoms with van der Waals surface area (Å²) >= 11 is 0. The van der Waals surface area contributed by atoms with Crippen molar-refractivity contribution in [1.82, 2.24) is 0 Å². The molecule has 3 rings (SSSR count). The van der Waals surface area contributed by atoms with Gasteiger partial charge in [-0.3, -0.25) is 4.79 Å². The van der Waals surface area contributed by atoms with Gasteiger partial charge < -0.3 is 15.4 Å². The zero-order valence-corrected chi connectivity index (χ0v) is 13.2. The van der Waals surface area contributed by atoms with E-state index in [1.54, 1.807) is 23.1 Å². The van der Waals surface area contributed by atoms with E-state index in [-0.39, 0.29) is 5.91 Å². The summed E-state index contributed by atoms with van der Waals surface area (Å²) in [7, 11) is 0. The third kappa shape index (κ3) is 3.06. The molecular weight excluding hydrogens is 288 g/mol. The number of nitrogens with zero attached hydrogens (tertiary/aromatic N) is 1. The van der Waals surface area contributed by atoms with E-state index in [0.29, 0.717) is 30.1 Å². The fraction of sp³-hybridized carbons (Fsp3) is 0.211. The summed E-state index contributed by atoms with van der Waals surface area (Å²) in [4.78, 5) is 14.5. The van der Waals surface area contributed by atoms with Gasteiger partial charge in [0.15, 0.2) is 6.10 Å². The molecule has 23 heavy (non-hydrogen) atoms. The highest BCUT2D eigenvalue weighted by Crippen LogP contribution is 2.36. The summed E-state index contributed by atoms with van der Waals surface area (Å²) in [5.41, 5.74) is 9.40. The molecule has 0 saturated carbocycles. The first kappa shape index (κ1) is 15.2. The van der Waals surface area contributed by atoms with E-state index in [1.807, 2.05) is 31.2 Å². The number of carbonyl (C=O) groups excluding carboxylic acids is 1. The van der Waals surface area contributed by atoms with Crippen LogP contribution < -0.4 is 15.4 Å². The number of aryl methyl sites for hydroxylation is 1. The van der Waals surface area contributed by atoms with E-state index in [1.165, 1.54) is 5.56 Å². The number of anilines is 2. The van der Waals surface area contributed by atoms with Gasteiger partial charge in [0.05, 0.1) is 5.69 Å². The van der Waals surface area contributed by atoms with Crippen LogP contribution in [-0.4, -0.2) is 18.6 Å². The molecular formula is C19H20N2O2. The van der Waals surface area contributed by atoms with Gasteiger partial charge >= 0.3 is 0 Å². The molecule has 0 saturated heterocycles. The van der Waals surface area contributed by atoms with Gasteiger partial charge in [0.2, 0.25) is 0 Å². The maximum Gasteiger partial charge on any atom is 0.268 e. The topological polar surface area (TPSA) is 55.6 Å². The quantitative estimate of drug-likeness (QED) is 0.697. The number of rotatable bonds is 4. The van der Waals surface area contributed by atoms with Crippen molar-refractivity contribution in [1.29, 1.82) is 0 Å². The van der Waals surface area contributed by atoms with Gasteiger partial charge in [-0.1, -0.05) is 35.9 Å². The minimum Gasteiger partial charge on any atom is -0.478 e. The highest BCUT2D eigenvalue weighted by atomic mass is 16.5. The zero-order chi connectivity index (χ0) is 16.4. The molecule has 2 aromatic carbocycles. The summed E-state index contributed by atoms with van der Waals surface area (Å²) in [5, 5.41) is 0. The van der Waals surface area contributed by atoms with Crippen LogP contribution in [0.1, 0.15) is 11.1 Å². The fourth-order valence-electron chi connectivity index (χ4n) is 2.84. The molecule has 0 radical (unpaired) electrons. The van der Waals surface area contributed by atoms with Crippen molar-refractivity contribution >= 4 is 17.3 Å². The summed E-state index contributed by atoms with van der Waals surface area (Å²) in [6.45, 7) is 6.21. The number of ether oxygens (including phenoxy) is 1. The lowest BCUT2D eigenvalue weighted by molar-refractivity contribution is -0.126. The smallest absolute Gasteiger partial charge is 0.268 e. The minimum absolute atomic E-state index is 0.0653. The molecule has 4 heteroatoms. The van der Waals surface area contributed by atoms with Crippen molar-refractivity contribution in [3.05, 3.63) is 66.2 Å².